The Kier molecular flexibility index (Phi) is 7.02. The van der Waals surface area contributed by atoms with Crippen molar-refractivity contribution < 1.29 is 9.21 Å². The van der Waals surface area contributed by atoms with Gasteiger partial charge in [-0.3, -0.25) is 9.69 Å². The zero-order valence-electron chi connectivity index (χ0n) is 15.3. The molecule has 25 heavy (non-hydrogen) atoms. The van der Waals surface area contributed by atoms with Gasteiger partial charge in [0.1, 0.15) is 6.26 Å². The molecule has 6 heteroatoms. The van der Waals surface area contributed by atoms with Gasteiger partial charge in [-0.2, -0.15) is 0 Å². The van der Waals surface area contributed by atoms with Gasteiger partial charge in [-0.25, -0.2) is 4.98 Å². The Labute approximate surface area is 154 Å². The molecule has 0 saturated heterocycles. The second-order valence-corrected chi connectivity index (χ2v) is 6.94. The third-order valence-corrected chi connectivity index (χ3v) is 4.55. The van der Waals surface area contributed by atoms with Crippen LogP contribution < -0.4 is 5.32 Å². The summed E-state index contributed by atoms with van der Waals surface area (Å²) in [5, 5.41) is 3.46. The van der Waals surface area contributed by atoms with Gasteiger partial charge in [0, 0.05) is 24.2 Å². The van der Waals surface area contributed by atoms with Crippen LogP contribution in [0.2, 0.25) is 5.02 Å². The summed E-state index contributed by atoms with van der Waals surface area (Å²) < 4.78 is 5.51. The van der Waals surface area contributed by atoms with Gasteiger partial charge in [0.25, 0.3) is 5.91 Å². The van der Waals surface area contributed by atoms with Crippen LogP contribution in [0.25, 0.3) is 0 Å². The Morgan fingerprint density at radius 2 is 1.92 bits per heavy atom. The van der Waals surface area contributed by atoms with Crippen molar-refractivity contribution >= 4 is 17.5 Å². The molecule has 0 aliphatic rings. The number of oxazole rings is 1. The number of carbonyl (C=O) groups is 1. The van der Waals surface area contributed by atoms with Gasteiger partial charge in [0.05, 0.1) is 6.54 Å². The van der Waals surface area contributed by atoms with Crippen LogP contribution in [-0.2, 0) is 13.1 Å². The number of hydrogen-bond donors (Lipinski definition) is 1. The second-order valence-electron chi connectivity index (χ2n) is 6.50. The van der Waals surface area contributed by atoms with E-state index in [0.29, 0.717) is 36.6 Å². The lowest BCUT2D eigenvalue weighted by Gasteiger charge is -2.30. The highest BCUT2D eigenvalue weighted by molar-refractivity contribution is 6.30. The van der Waals surface area contributed by atoms with Gasteiger partial charge in [0.15, 0.2) is 5.69 Å². The minimum atomic E-state index is -0.210. The molecule has 1 aromatic carbocycles. The molecule has 0 bridgehead atoms. The van der Waals surface area contributed by atoms with E-state index < -0.39 is 0 Å². The second kappa shape index (κ2) is 9.02. The first-order chi connectivity index (χ1) is 11.9. The fourth-order valence-corrected chi connectivity index (χ4v) is 2.63. The van der Waals surface area contributed by atoms with Gasteiger partial charge in [-0.05, 0) is 37.5 Å². The maximum Gasteiger partial charge on any atom is 0.273 e. The number of nitrogens with one attached hydrogen (secondary N) is 1. The lowest BCUT2D eigenvalue weighted by atomic mass is 10.0. The maximum absolute atomic E-state index is 11.8. The predicted octanol–water partition coefficient (Wildman–Crippen LogP) is 4.12. The largest absolute Gasteiger partial charge is 0.447 e. The third kappa shape index (κ3) is 5.58. The monoisotopic (exact) mass is 363 g/mol. The van der Waals surface area contributed by atoms with Crippen LogP contribution >= 0.6 is 11.6 Å². The van der Waals surface area contributed by atoms with E-state index >= 15 is 0 Å². The lowest BCUT2D eigenvalue weighted by molar-refractivity contribution is 0.0950. The molecule has 0 saturated carbocycles. The summed E-state index contributed by atoms with van der Waals surface area (Å²) in [5.41, 5.74) is 1.49. The standard InChI is InChI=1S/C19H26ClN3O2/c1-5-21-19(24)17-12-25-18(22-17)11-23(14(4)13(2)3)10-15-6-8-16(20)9-7-15/h6-9,12-14H,5,10-11H2,1-4H3,(H,21,24). The van der Waals surface area contributed by atoms with E-state index in [9.17, 15) is 4.79 Å². The smallest absolute Gasteiger partial charge is 0.273 e. The Balaban J connectivity index is 2.13. The maximum atomic E-state index is 11.8. The van der Waals surface area contributed by atoms with Gasteiger partial charge in [-0.15, -0.1) is 0 Å². The average molecular weight is 364 g/mol. The van der Waals surface area contributed by atoms with E-state index in [4.69, 9.17) is 16.0 Å². The number of aromatic nitrogens is 1. The van der Waals surface area contributed by atoms with E-state index in [1.165, 1.54) is 11.8 Å². The van der Waals surface area contributed by atoms with Crippen molar-refractivity contribution in [3.63, 3.8) is 0 Å². The molecule has 1 amide bonds. The molecule has 0 radical (unpaired) electrons. The topological polar surface area (TPSA) is 58.4 Å². The molecule has 0 fully saturated rings. The number of amides is 1. The van der Waals surface area contributed by atoms with E-state index in [1.54, 1.807) is 0 Å². The number of benzene rings is 1. The molecule has 0 aliphatic carbocycles. The highest BCUT2D eigenvalue weighted by atomic mass is 35.5. The zero-order chi connectivity index (χ0) is 18.4. The Hall–Kier alpha value is -1.85. The minimum Gasteiger partial charge on any atom is -0.447 e. The molecular formula is C19H26ClN3O2. The van der Waals surface area contributed by atoms with Crippen molar-refractivity contribution in [2.45, 2.75) is 46.8 Å². The number of nitrogens with zero attached hydrogens (tertiary/aromatic N) is 2. The van der Waals surface area contributed by atoms with E-state index in [0.717, 1.165) is 11.6 Å². The van der Waals surface area contributed by atoms with Gasteiger partial charge in [-0.1, -0.05) is 37.6 Å². The quantitative estimate of drug-likeness (QED) is 0.766. The van der Waals surface area contributed by atoms with Crippen LogP contribution in [0.15, 0.2) is 34.9 Å². The van der Waals surface area contributed by atoms with Crippen molar-refractivity contribution in [3.8, 4) is 0 Å². The molecule has 1 heterocycles. The van der Waals surface area contributed by atoms with Crippen molar-refractivity contribution in [1.29, 1.82) is 0 Å². The van der Waals surface area contributed by atoms with Crippen molar-refractivity contribution in [1.82, 2.24) is 15.2 Å². The fourth-order valence-electron chi connectivity index (χ4n) is 2.50. The van der Waals surface area contributed by atoms with Gasteiger partial charge < -0.3 is 9.73 Å². The van der Waals surface area contributed by atoms with Crippen LogP contribution in [0.5, 0.6) is 0 Å². The Bertz CT molecular complexity index is 682. The molecule has 0 spiro atoms. The summed E-state index contributed by atoms with van der Waals surface area (Å²) in [4.78, 5) is 18.5. The van der Waals surface area contributed by atoms with Crippen LogP contribution in [-0.4, -0.2) is 28.4 Å². The van der Waals surface area contributed by atoms with Crippen LogP contribution in [0, 0.1) is 5.92 Å². The van der Waals surface area contributed by atoms with Crippen LogP contribution in [0.1, 0.15) is 49.6 Å². The molecule has 1 aromatic heterocycles. The number of rotatable bonds is 8. The molecule has 5 nitrogen and oxygen atoms in total. The molecule has 1 atom stereocenters. The summed E-state index contributed by atoms with van der Waals surface area (Å²) in [6.07, 6.45) is 1.42. The summed E-state index contributed by atoms with van der Waals surface area (Å²) in [7, 11) is 0. The van der Waals surface area contributed by atoms with Gasteiger partial charge >= 0.3 is 0 Å². The SMILES string of the molecule is CCNC(=O)c1coc(CN(Cc2ccc(Cl)cc2)C(C)C(C)C)n1. The first kappa shape index (κ1) is 19.5. The van der Waals surface area contributed by atoms with E-state index in [-0.39, 0.29) is 5.91 Å². The molecule has 136 valence electrons. The fraction of sp³-hybridized carbons (Fsp3) is 0.474. The van der Waals surface area contributed by atoms with Crippen LogP contribution in [0.4, 0.5) is 0 Å². The van der Waals surface area contributed by atoms with Crippen molar-refractivity contribution in [2.24, 2.45) is 5.92 Å². The minimum absolute atomic E-state index is 0.210. The third-order valence-electron chi connectivity index (χ3n) is 4.30. The average Bonchev–Trinajstić information content (AvgIpc) is 3.04. The normalized spacial score (nSPS) is 12.6. The predicted molar refractivity (Wildman–Crippen MR) is 99.5 cm³/mol. The Morgan fingerprint density at radius 3 is 2.52 bits per heavy atom. The molecular weight excluding hydrogens is 338 g/mol. The highest BCUT2D eigenvalue weighted by Gasteiger charge is 2.21. The summed E-state index contributed by atoms with van der Waals surface area (Å²) in [6.45, 7) is 10.3. The number of carbonyl (C=O) groups excluding carboxylic acids is 1. The molecule has 0 aliphatic heterocycles. The number of halogens is 1. The number of hydrogen-bond acceptors (Lipinski definition) is 4. The molecule has 2 rings (SSSR count). The molecule has 1 N–H and O–H groups in total. The van der Waals surface area contributed by atoms with E-state index in [2.05, 4.69) is 36.0 Å². The lowest BCUT2D eigenvalue weighted by Crippen LogP contribution is -2.36. The first-order valence-corrected chi connectivity index (χ1v) is 8.99. The van der Waals surface area contributed by atoms with Crippen LogP contribution in [0.3, 0.4) is 0 Å². The van der Waals surface area contributed by atoms with Crippen molar-refractivity contribution in [2.75, 3.05) is 6.54 Å². The zero-order valence-corrected chi connectivity index (χ0v) is 16.0. The van der Waals surface area contributed by atoms with E-state index in [1.807, 2.05) is 31.2 Å². The summed E-state index contributed by atoms with van der Waals surface area (Å²) in [6, 6.07) is 8.17. The first-order valence-electron chi connectivity index (χ1n) is 8.61. The van der Waals surface area contributed by atoms with Crippen molar-refractivity contribution in [3.05, 3.63) is 52.7 Å². The summed E-state index contributed by atoms with van der Waals surface area (Å²) in [5.74, 6) is 0.812. The summed E-state index contributed by atoms with van der Waals surface area (Å²) >= 11 is 5.97. The molecule has 1 unspecified atom stereocenters. The Morgan fingerprint density at radius 1 is 1.24 bits per heavy atom. The molecule has 2 aromatic rings. The van der Waals surface area contributed by atoms with Gasteiger partial charge in [0.2, 0.25) is 5.89 Å². The highest BCUT2D eigenvalue weighted by Crippen LogP contribution is 2.19.